The third kappa shape index (κ3) is 13.9. The first-order valence-electron chi connectivity index (χ1n) is 49.7. The average Bonchev–Trinajstić information content (AvgIpc) is 1.64. The minimum Gasteiger partial charge on any atom is -0.319 e. The van der Waals surface area contributed by atoms with Crippen molar-refractivity contribution in [1.29, 1.82) is 0 Å². The van der Waals surface area contributed by atoms with E-state index in [1.165, 1.54) is 99.5 Å². The molecule has 0 saturated carbocycles. The molecule has 12 nitrogen and oxygen atoms in total. The van der Waals surface area contributed by atoms with Gasteiger partial charge in [-0.15, -0.1) is 0 Å². The molecule has 0 atom stereocenters. The van der Waals surface area contributed by atoms with Gasteiger partial charge in [-0.25, -0.2) is 28.2 Å². The molecule has 30 aromatic rings. The molecule has 30 rings (SSSR count). The summed E-state index contributed by atoms with van der Waals surface area (Å²) in [5.74, 6) is -0.583. The molecule has 0 aliphatic heterocycles. The molecular weight excluding hydrogens is 1840 g/mol. The predicted octanol–water partition coefficient (Wildman–Crippen LogP) is 37.3. The Kier molecular flexibility index (Phi) is 21.2. The lowest BCUT2D eigenvalue weighted by atomic mass is 9.99. The van der Waals surface area contributed by atoms with E-state index >= 15 is 4.39 Å². The van der Waals surface area contributed by atoms with Gasteiger partial charge in [0.25, 0.3) is 0 Å². The maximum absolute atomic E-state index is 15.6. The maximum Gasteiger partial charge on any atom is 0.210 e. The average molecular weight is 1920 g/mol. The molecule has 0 amide bonds. The number of benzene rings is 22. The molecule has 150 heavy (non-hydrogen) atoms. The van der Waals surface area contributed by atoms with Gasteiger partial charge in [0.05, 0.1) is 160 Å². The lowest BCUT2D eigenvalue weighted by Gasteiger charge is -2.13. The highest BCUT2D eigenvalue weighted by Gasteiger charge is 2.29. The number of rotatable bonds is 10. The van der Waals surface area contributed by atoms with Gasteiger partial charge >= 0.3 is 0 Å². The molecule has 0 radical (unpaired) electrons. The third-order valence-corrected chi connectivity index (χ3v) is 29.5. The highest BCUT2D eigenvalue weighted by molar-refractivity contribution is 6.23. The number of hydrogen-bond donors (Lipinski definition) is 0. The lowest BCUT2D eigenvalue weighted by Crippen LogP contribution is -1.97. The van der Waals surface area contributed by atoms with Gasteiger partial charge in [0.1, 0.15) is 11.6 Å². The van der Waals surface area contributed by atoms with Crippen LogP contribution in [0.2, 0.25) is 0 Å². The SMILES string of the molecule is [C-]#[N+]c1ccccc1-n1c2cc(F)ccc2c2c(-n3c4ccccc4c4ccccc43)cccc21.[C-]#[N+]c1ccccc1-n1c2cccc(F)c2c2c(-n3c4ccccc4c4ccccc43)cccc21.[C-]#[N+]c1ccccc1-n1c2ccccc2c2c(-n3c4ccccc4c4c(-c5ccccc5)cccc43)cccc21.[C-]#[N+]c1ccccc1-n1c2ccccc2c2c(-n3c4ccccc4c4ccc(-c5ccccc5)cc43)cccc21. The molecule has 0 fully saturated rings. The van der Waals surface area contributed by atoms with E-state index in [2.05, 4.69) is 362 Å². The summed E-state index contributed by atoms with van der Waals surface area (Å²) in [6.45, 7) is 31.1. The second-order valence-electron chi connectivity index (χ2n) is 37.4. The van der Waals surface area contributed by atoms with E-state index in [-0.39, 0.29) is 11.6 Å². The third-order valence-electron chi connectivity index (χ3n) is 29.5. The largest absolute Gasteiger partial charge is 0.319 e. The Morgan fingerprint density at radius 3 is 0.773 bits per heavy atom. The molecule has 0 unspecified atom stereocenters. The van der Waals surface area contributed by atoms with Gasteiger partial charge in [-0.2, -0.15) is 0 Å². The summed E-state index contributed by atoms with van der Waals surface area (Å²) >= 11 is 0. The van der Waals surface area contributed by atoms with Crippen LogP contribution >= 0.6 is 0 Å². The monoisotopic (exact) mass is 1920 g/mol. The van der Waals surface area contributed by atoms with Crippen molar-refractivity contribution in [2.24, 2.45) is 0 Å². The number of fused-ring (bicyclic) bond motifs is 24. The van der Waals surface area contributed by atoms with Crippen molar-refractivity contribution in [3.05, 3.63) is 555 Å². The van der Waals surface area contributed by atoms with Crippen molar-refractivity contribution >= 4 is 197 Å². The predicted molar refractivity (Wildman–Crippen MR) is 616 cm³/mol. The second kappa shape index (κ2) is 36.2. The summed E-state index contributed by atoms with van der Waals surface area (Å²) in [6.07, 6.45) is 0. The summed E-state index contributed by atoms with van der Waals surface area (Å²) in [4.78, 5) is 15.2. The quantitative estimate of drug-likeness (QED) is 0.123. The molecule has 8 heterocycles. The van der Waals surface area contributed by atoms with Crippen LogP contribution in [-0.4, -0.2) is 36.5 Å². The van der Waals surface area contributed by atoms with E-state index in [1.807, 2.05) is 155 Å². The second-order valence-corrected chi connectivity index (χ2v) is 37.4. The smallest absolute Gasteiger partial charge is 0.210 e. The molecule has 700 valence electrons. The summed E-state index contributed by atoms with van der Waals surface area (Å²) in [7, 11) is 0. The maximum atomic E-state index is 15.6. The van der Waals surface area contributed by atoms with Crippen molar-refractivity contribution in [3.63, 3.8) is 0 Å². The van der Waals surface area contributed by atoms with E-state index < -0.39 is 0 Å². The minimum atomic E-state index is -0.305. The molecule has 0 aliphatic rings. The molecule has 0 bridgehead atoms. The van der Waals surface area contributed by atoms with E-state index in [0.717, 1.165) is 149 Å². The molecule has 22 aromatic carbocycles. The first-order chi connectivity index (χ1) is 74.2. The standard InChI is InChI=1S/2C37H23N3.2C31H18FN3/c1-38-29-18-7-10-21-32(29)39-31-20-9-6-16-28(31)37-34(39)23-12-24-35(37)40-30-19-8-5-15-27(30)36-26(17-11-22-33(36)40)25-13-3-2-4-14-25;1-38-30-16-7-10-19-33(30)39-32-18-9-6-15-29(32)37-34(39)20-11-21-35(37)40-31-17-8-5-14-27(31)28-23-22-26(24-36(28)40)25-12-3-2-4-13-25;1-33-23-13-4-7-16-26(23)35-27-17-8-12-22(32)30(27)31-28(18-9-19-29(31)35)34-24-14-5-2-10-20(24)21-11-3-6-15-25(21)34;1-33-24-11-4-7-14-27(24)35-29-16-8-15-28(31(29)23-18-17-20(32)19-30(23)35)34-25-12-5-2-9-21(25)22-10-3-6-13-26(22)34/h2*2-24H;2*2-19H. The van der Waals surface area contributed by atoms with Crippen LogP contribution in [0.4, 0.5) is 31.5 Å². The normalized spacial score (nSPS) is 11.5. The Bertz CT molecular complexity index is 10700. The summed E-state index contributed by atoms with van der Waals surface area (Å²) < 4.78 is 48.0. The molecule has 0 aliphatic carbocycles. The van der Waals surface area contributed by atoms with Crippen molar-refractivity contribution in [1.82, 2.24) is 36.5 Å². The topological polar surface area (TPSA) is 56.9 Å². The van der Waals surface area contributed by atoms with Crippen molar-refractivity contribution in [2.75, 3.05) is 0 Å². The van der Waals surface area contributed by atoms with Gasteiger partial charge in [-0.3, -0.25) is 0 Å². The molecular formula is C136H82F2N12. The number of para-hydroxylation sites is 16. The number of aromatic nitrogens is 8. The zero-order chi connectivity index (χ0) is 100. The summed E-state index contributed by atoms with van der Waals surface area (Å²) in [5, 5.41) is 17.7. The Morgan fingerprint density at radius 1 is 0.147 bits per heavy atom. The van der Waals surface area contributed by atoms with E-state index in [4.69, 9.17) is 26.3 Å². The van der Waals surface area contributed by atoms with Crippen LogP contribution in [0.3, 0.4) is 0 Å². The van der Waals surface area contributed by atoms with E-state index in [1.54, 1.807) is 24.3 Å². The Labute approximate surface area is 859 Å². The first kappa shape index (κ1) is 88.0. The highest BCUT2D eigenvalue weighted by Crippen LogP contribution is 2.50. The van der Waals surface area contributed by atoms with Gasteiger partial charge in [-0.1, -0.05) is 334 Å². The van der Waals surface area contributed by atoms with Gasteiger partial charge in [-0.05, 0) is 186 Å². The van der Waals surface area contributed by atoms with Crippen LogP contribution in [0, 0.1) is 37.9 Å². The van der Waals surface area contributed by atoms with Crippen LogP contribution in [0.25, 0.3) is 262 Å². The van der Waals surface area contributed by atoms with Crippen LogP contribution in [0.15, 0.2) is 497 Å². The molecule has 0 spiro atoms. The zero-order valence-corrected chi connectivity index (χ0v) is 80.5. The molecule has 8 aromatic heterocycles. The Balaban J connectivity index is 0.0000000985. The van der Waals surface area contributed by atoms with E-state index in [0.29, 0.717) is 28.1 Å². The number of nitrogens with zero attached hydrogens (tertiary/aromatic N) is 12. The van der Waals surface area contributed by atoms with Gasteiger partial charge in [0.15, 0.2) is 0 Å². The molecule has 14 heteroatoms. The van der Waals surface area contributed by atoms with Crippen molar-refractivity contribution < 1.29 is 8.78 Å². The lowest BCUT2D eigenvalue weighted by molar-refractivity contribution is 0.629. The number of halogens is 2. The highest BCUT2D eigenvalue weighted by atomic mass is 19.1. The molecule has 0 N–H and O–H groups in total. The first-order valence-corrected chi connectivity index (χ1v) is 49.7. The number of hydrogen-bond acceptors (Lipinski definition) is 0. The van der Waals surface area contributed by atoms with Crippen LogP contribution in [0.1, 0.15) is 0 Å². The van der Waals surface area contributed by atoms with Gasteiger partial charge in [0, 0.05) is 86.2 Å². The van der Waals surface area contributed by atoms with Crippen molar-refractivity contribution in [3.8, 4) is 67.8 Å². The van der Waals surface area contributed by atoms with Crippen LogP contribution < -0.4 is 0 Å². The summed E-state index contributed by atoms with van der Waals surface area (Å²) in [5.41, 5.74) is 31.3. The van der Waals surface area contributed by atoms with Crippen LogP contribution in [0.5, 0.6) is 0 Å². The van der Waals surface area contributed by atoms with Crippen molar-refractivity contribution in [2.45, 2.75) is 0 Å². The zero-order valence-electron chi connectivity index (χ0n) is 80.5. The summed E-state index contributed by atoms with van der Waals surface area (Å²) in [6, 6.07) is 169. The van der Waals surface area contributed by atoms with Gasteiger partial charge < -0.3 is 36.5 Å². The fourth-order valence-electron chi connectivity index (χ4n) is 23.4. The Morgan fingerprint density at radius 2 is 0.380 bits per heavy atom. The fraction of sp³-hybridized carbons (Fsp3) is 0. The van der Waals surface area contributed by atoms with Crippen LogP contribution in [-0.2, 0) is 0 Å². The molecule has 0 saturated heterocycles. The minimum absolute atomic E-state index is 0.278. The van der Waals surface area contributed by atoms with Gasteiger partial charge in [0.2, 0.25) is 22.7 Å². The fourth-order valence-corrected chi connectivity index (χ4v) is 23.4. The van der Waals surface area contributed by atoms with E-state index in [9.17, 15) is 4.39 Å². The Hall–Kier alpha value is -20.9.